The summed E-state index contributed by atoms with van der Waals surface area (Å²) in [6.45, 7) is 5.40. The first-order chi connectivity index (χ1) is 13.4. The summed E-state index contributed by atoms with van der Waals surface area (Å²) in [7, 11) is 0. The first kappa shape index (κ1) is 19.8. The van der Waals surface area contributed by atoms with Gasteiger partial charge in [0, 0.05) is 27.5 Å². The molecule has 0 saturated heterocycles. The van der Waals surface area contributed by atoms with Crippen molar-refractivity contribution >= 4 is 23.2 Å². The quantitative estimate of drug-likeness (QED) is 0.697. The molecule has 1 amide bonds. The lowest BCUT2D eigenvalue weighted by atomic mass is 10.1. The van der Waals surface area contributed by atoms with E-state index in [2.05, 4.69) is 10.3 Å². The van der Waals surface area contributed by atoms with E-state index in [4.69, 9.17) is 11.6 Å². The molecule has 0 radical (unpaired) electrons. The number of para-hydroxylation sites is 1. The minimum Gasteiger partial charge on any atom is -0.324 e. The van der Waals surface area contributed by atoms with Crippen LogP contribution in [-0.2, 0) is 17.8 Å². The maximum atomic E-state index is 12.9. The molecule has 1 N–H and O–H groups in total. The fourth-order valence-electron chi connectivity index (χ4n) is 3.03. The molecule has 0 spiro atoms. The van der Waals surface area contributed by atoms with Gasteiger partial charge in [-0.1, -0.05) is 48.9 Å². The van der Waals surface area contributed by atoms with Crippen LogP contribution in [0.1, 0.15) is 23.7 Å². The van der Waals surface area contributed by atoms with Crippen LogP contribution < -0.4 is 10.9 Å². The molecular weight excluding hydrogens is 374 g/mol. The van der Waals surface area contributed by atoms with E-state index < -0.39 is 0 Å². The summed E-state index contributed by atoms with van der Waals surface area (Å²) in [6, 6.07) is 14.7. The zero-order chi connectivity index (χ0) is 20.3. The number of amides is 1. The van der Waals surface area contributed by atoms with Gasteiger partial charge in [0.2, 0.25) is 5.91 Å². The van der Waals surface area contributed by atoms with E-state index in [0.29, 0.717) is 27.7 Å². The Morgan fingerprint density at radius 2 is 1.89 bits per heavy atom. The highest BCUT2D eigenvalue weighted by molar-refractivity contribution is 6.30. The summed E-state index contributed by atoms with van der Waals surface area (Å²) in [5.41, 5.74) is 3.40. The SMILES string of the molecule is CCc1ccccc1NC(=O)Cn1c(-c2cccc(Cl)c2)nc(C)c(C)c1=O. The molecule has 6 heteroatoms. The van der Waals surface area contributed by atoms with Crippen LogP contribution in [0.25, 0.3) is 11.4 Å². The summed E-state index contributed by atoms with van der Waals surface area (Å²) in [5, 5.41) is 3.45. The van der Waals surface area contributed by atoms with Crippen molar-refractivity contribution in [2.24, 2.45) is 0 Å². The van der Waals surface area contributed by atoms with Crippen molar-refractivity contribution in [3.8, 4) is 11.4 Å². The Morgan fingerprint density at radius 3 is 2.61 bits per heavy atom. The number of aromatic nitrogens is 2. The van der Waals surface area contributed by atoms with Crippen LogP contribution in [0.4, 0.5) is 5.69 Å². The van der Waals surface area contributed by atoms with E-state index in [0.717, 1.165) is 17.7 Å². The average Bonchev–Trinajstić information content (AvgIpc) is 2.68. The minimum atomic E-state index is -0.281. The fraction of sp³-hybridized carbons (Fsp3) is 0.227. The van der Waals surface area contributed by atoms with Crippen LogP contribution >= 0.6 is 11.6 Å². The number of benzene rings is 2. The summed E-state index contributed by atoms with van der Waals surface area (Å²) < 4.78 is 1.40. The maximum absolute atomic E-state index is 12.9. The van der Waals surface area contributed by atoms with Gasteiger partial charge in [-0.2, -0.15) is 0 Å². The van der Waals surface area contributed by atoms with E-state index in [-0.39, 0.29) is 18.0 Å². The molecule has 0 aliphatic rings. The van der Waals surface area contributed by atoms with Gasteiger partial charge in [0.15, 0.2) is 0 Å². The Morgan fingerprint density at radius 1 is 1.14 bits per heavy atom. The number of carbonyl (C=O) groups excluding carboxylic acids is 1. The van der Waals surface area contributed by atoms with Crippen LogP contribution in [0.5, 0.6) is 0 Å². The Kier molecular flexibility index (Phi) is 5.95. The molecule has 1 aromatic heterocycles. The Hall–Kier alpha value is -2.92. The van der Waals surface area contributed by atoms with Crippen LogP contribution in [0.2, 0.25) is 5.02 Å². The number of anilines is 1. The molecule has 5 nitrogen and oxygen atoms in total. The van der Waals surface area contributed by atoms with E-state index in [1.165, 1.54) is 4.57 Å². The second-order valence-electron chi connectivity index (χ2n) is 6.61. The Labute approximate surface area is 169 Å². The number of hydrogen-bond donors (Lipinski definition) is 1. The molecular formula is C22H22ClN3O2. The van der Waals surface area contributed by atoms with Crippen molar-refractivity contribution < 1.29 is 4.79 Å². The number of nitrogens with zero attached hydrogens (tertiary/aromatic N) is 2. The van der Waals surface area contributed by atoms with E-state index in [1.54, 1.807) is 32.0 Å². The number of hydrogen-bond acceptors (Lipinski definition) is 3. The van der Waals surface area contributed by atoms with Gasteiger partial charge in [-0.25, -0.2) is 4.98 Å². The molecule has 0 bridgehead atoms. The molecule has 28 heavy (non-hydrogen) atoms. The first-order valence-electron chi connectivity index (χ1n) is 9.12. The van der Waals surface area contributed by atoms with Crippen molar-refractivity contribution in [1.29, 1.82) is 0 Å². The number of halogens is 1. The highest BCUT2D eigenvalue weighted by Crippen LogP contribution is 2.21. The van der Waals surface area contributed by atoms with Crippen LogP contribution in [-0.4, -0.2) is 15.5 Å². The van der Waals surface area contributed by atoms with Crippen molar-refractivity contribution in [3.63, 3.8) is 0 Å². The number of nitrogens with one attached hydrogen (secondary N) is 1. The topological polar surface area (TPSA) is 64.0 Å². The predicted molar refractivity (Wildman–Crippen MR) is 113 cm³/mol. The lowest BCUT2D eigenvalue weighted by Gasteiger charge is -2.16. The molecule has 0 aliphatic carbocycles. The molecule has 1 heterocycles. The standard InChI is InChI=1S/C22H22ClN3O2/c1-4-16-8-5-6-11-19(16)25-20(27)13-26-21(17-9-7-10-18(23)12-17)24-15(3)14(2)22(26)28/h5-12H,4,13H2,1-3H3,(H,25,27). The molecule has 3 aromatic rings. The van der Waals surface area contributed by atoms with Gasteiger partial charge in [0.1, 0.15) is 12.4 Å². The van der Waals surface area contributed by atoms with Gasteiger partial charge >= 0.3 is 0 Å². The molecule has 144 valence electrons. The predicted octanol–water partition coefficient (Wildman–Crippen LogP) is 4.38. The third-order valence-corrected chi connectivity index (χ3v) is 4.93. The van der Waals surface area contributed by atoms with Crippen molar-refractivity contribution in [3.05, 3.63) is 80.7 Å². The lowest BCUT2D eigenvalue weighted by Crippen LogP contribution is -2.31. The molecule has 0 fully saturated rings. The van der Waals surface area contributed by atoms with Crippen molar-refractivity contribution in [2.75, 3.05) is 5.32 Å². The largest absolute Gasteiger partial charge is 0.324 e. The fourth-order valence-corrected chi connectivity index (χ4v) is 3.23. The van der Waals surface area contributed by atoms with Crippen LogP contribution in [0, 0.1) is 13.8 Å². The van der Waals surface area contributed by atoms with Gasteiger partial charge in [-0.05, 0) is 44.0 Å². The molecule has 3 rings (SSSR count). The molecule has 0 atom stereocenters. The summed E-state index contributed by atoms with van der Waals surface area (Å²) in [4.78, 5) is 30.2. The summed E-state index contributed by atoms with van der Waals surface area (Å²) >= 11 is 6.11. The van der Waals surface area contributed by atoms with Gasteiger partial charge < -0.3 is 5.32 Å². The number of aryl methyl sites for hydroxylation is 2. The Balaban J connectivity index is 2.00. The van der Waals surface area contributed by atoms with E-state index in [9.17, 15) is 9.59 Å². The minimum absolute atomic E-state index is 0.132. The monoisotopic (exact) mass is 395 g/mol. The molecule has 0 saturated carbocycles. The van der Waals surface area contributed by atoms with Gasteiger partial charge in [0.25, 0.3) is 5.56 Å². The summed E-state index contributed by atoms with van der Waals surface area (Å²) in [5.74, 6) is 0.144. The number of carbonyl (C=O) groups is 1. The number of rotatable bonds is 5. The van der Waals surface area contributed by atoms with Crippen molar-refractivity contribution in [2.45, 2.75) is 33.7 Å². The van der Waals surface area contributed by atoms with Gasteiger partial charge in [-0.15, -0.1) is 0 Å². The Bertz CT molecular complexity index is 1090. The first-order valence-corrected chi connectivity index (χ1v) is 9.50. The second kappa shape index (κ2) is 8.40. The van der Waals surface area contributed by atoms with Crippen LogP contribution in [0.3, 0.4) is 0 Å². The summed E-state index contributed by atoms with van der Waals surface area (Å²) in [6.07, 6.45) is 0.801. The molecule has 0 unspecified atom stereocenters. The lowest BCUT2D eigenvalue weighted by molar-refractivity contribution is -0.116. The van der Waals surface area contributed by atoms with Crippen LogP contribution in [0.15, 0.2) is 53.3 Å². The van der Waals surface area contributed by atoms with E-state index >= 15 is 0 Å². The zero-order valence-electron chi connectivity index (χ0n) is 16.1. The third kappa shape index (κ3) is 4.15. The van der Waals surface area contributed by atoms with E-state index in [1.807, 2.05) is 37.3 Å². The smallest absolute Gasteiger partial charge is 0.257 e. The third-order valence-electron chi connectivity index (χ3n) is 4.69. The maximum Gasteiger partial charge on any atom is 0.257 e. The van der Waals surface area contributed by atoms with Gasteiger partial charge in [0.05, 0.1) is 0 Å². The highest BCUT2D eigenvalue weighted by Gasteiger charge is 2.16. The van der Waals surface area contributed by atoms with Gasteiger partial charge in [-0.3, -0.25) is 14.2 Å². The molecule has 2 aromatic carbocycles. The highest BCUT2D eigenvalue weighted by atomic mass is 35.5. The zero-order valence-corrected chi connectivity index (χ0v) is 16.9. The molecule has 0 aliphatic heterocycles. The average molecular weight is 396 g/mol. The second-order valence-corrected chi connectivity index (χ2v) is 7.04. The normalized spacial score (nSPS) is 10.7. The van der Waals surface area contributed by atoms with Crippen molar-refractivity contribution in [1.82, 2.24) is 9.55 Å².